The second-order valence-electron chi connectivity index (χ2n) is 8.05. The number of rotatable bonds is 5. The van der Waals surface area contributed by atoms with E-state index >= 15 is 0 Å². The van der Waals surface area contributed by atoms with Crippen molar-refractivity contribution in [1.82, 2.24) is 24.4 Å². The van der Waals surface area contributed by atoms with E-state index in [1.165, 1.54) is 5.01 Å². The topological polar surface area (TPSA) is 115 Å². The Kier molecular flexibility index (Phi) is 5.31. The molecule has 1 fully saturated rings. The first-order valence-electron chi connectivity index (χ1n) is 10.1. The number of carboxylic acid groups (broad SMARTS) is 1. The van der Waals surface area contributed by atoms with E-state index in [0.29, 0.717) is 44.7 Å². The highest BCUT2D eigenvalue weighted by atomic mass is 16.7. The lowest BCUT2D eigenvalue weighted by Gasteiger charge is -2.50. The summed E-state index contributed by atoms with van der Waals surface area (Å²) in [6, 6.07) is 2.79. The van der Waals surface area contributed by atoms with Crippen LogP contribution in [0.15, 0.2) is 30.7 Å². The molecule has 2 aliphatic rings. The Labute approximate surface area is 174 Å². The molecule has 2 atom stereocenters. The number of piperidine rings is 1. The molecule has 2 amide bonds. The molecule has 10 nitrogen and oxygen atoms in total. The van der Waals surface area contributed by atoms with Gasteiger partial charge in [0.2, 0.25) is 0 Å². The highest BCUT2D eigenvalue weighted by molar-refractivity contribution is 5.81. The van der Waals surface area contributed by atoms with Crippen LogP contribution in [-0.2, 0) is 13.0 Å². The number of imidazole rings is 1. The van der Waals surface area contributed by atoms with Crippen LogP contribution in [-0.4, -0.2) is 71.6 Å². The van der Waals surface area contributed by atoms with Gasteiger partial charge in [-0.15, -0.1) is 5.01 Å². The predicted octanol–water partition coefficient (Wildman–Crippen LogP) is 2.37. The summed E-state index contributed by atoms with van der Waals surface area (Å²) in [6.45, 7) is 4.58. The van der Waals surface area contributed by atoms with Gasteiger partial charge in [0, 0.05) is 24.9 Å². The maximum atomic E-state index is 13.5. The molecule has 2 aromatic rings. The highest BCUT2D eigenvalue weighted by Crippen LogP contribution is 2.29. The Morgan fingerprint density at radius 1 is 1.37 bits per heavy atom. The standard InChI is InChI=1S/C20H26N6O4/c1-14(10-16-4-3-7-21-11-16)26(30,20(28)29)23-8-5-17(6-9-23)24-13-18-12-22-15(2)25(18)19(24)27/h3-4,7,11-12,14,17H,5-6,8-10,13H2,1-2H3,(H,28,29). The number of nitrogens with zero attached hydrogens (tertiary/aromatic N) is 6. The summed E-state index contributed by atoms with van der Waals surface area (Å²) in [5.41, 5.74) is 1.69. The van der Waals surface area contributed by atoms with Crippen LogP contribution in [0.25, 0.3) is 0 Å². The first-order chi connectivity index (χ1) is 14.3. The molecular formula is C20H26N6O4. The first-order valence-corrected chi connectivity index (χ1v) is 10.1. The second kappa shape index (κ2) is 7.78. The maximum Gasteiger partial charge on any atom is 0.534 e. The number of aryl methyl sites for hydroxylation is 1. The van der Waals surface area contributed by atoms with Crippen LogP contribution in [0.3, 0.4) is 0 Å². The van der Waals surface area contributed by atoms with Crippen LogP contribution in [0.2, 0.25) is 0 Å². The summed E-state index contributed by atoms with van der Waals surface area (Å²) in [6.07, 6.45) is 5.02. The average molecular weight is 414 g/mol. The van der Waals surface area contributed by atoms with Gasteiger partial charge in [-0.05, 0) is 38.3 Å². The predicted molar refractivity (Wildman–Crippen MR) is 107 cm³/mol. The number of quaternary nitrogens is 1. The van der Waals surface area contributed by atoms with Crippen molar-refractivity contribution >= 4 is 12.1 Å². The van der Waals surface area contributed by atoms with Gasteiger partial charge in [-0.1, -0.05) is 6.07 Å². The largest absolute Gasteiger partial charge is 0.601 e. The monoisotopic (exact) mass is 414 g/mol. The van der Waals surface area contributed by atoms with Crippen LogP contribution in [0.1, 0.15) is 36.8 Å². The minimum absolute atomic E-state index is 0.0241. The minimum atomic E-state index is -1.42. The van der Waals surface area contributed by atoms with Crippen LogP contribution >= 0.6 is 0 Å². The molecule has 10 heteroatoms. The van der Waals surface area contributed by atoms with Gasteiger partial charge in [0.1, 0.15) is 11.9 Å². The fourth-order valence-corrected chi connectivity index (χ4v) is 4.55. The molecular weight excluding hydrogens is 388 g/mol. The number of pyridine rings is 1. The van der Waals surface area contributed by atoms with Crippen LogP contribution in [0.5, 0.6) is 0 Å². The van der Waals surface area contributed by atoms with E-state index in [-0.39, 0.29) is 12.1 Å². The number of hydrogen-bond donors (Lipinski definition) is 1. The summed E-state index contributed by atoms with van der Waals surface area (Å²) in [5.74, 6) is 0.667. The van der Waals surface area contributed by atoms with Gasteiger partial charge in [-0.3, -0.25) is 9.55 Å². The third-order valence-corrected chi connectivity index (χ3v) is 6.21. The van der Waals surface area contributed by atoms with Crippen molar-refractivity contribution in [2.24, 2.45) is 0 Å². The summed E-state index contributed by atoms with van der Waals surface area (Å²) >= 11 is 0. The molecule has 0 radical (unpaired) electrons. The van der Waals surface area contributed by atoms with E-state index in [9.17, 15) is 19.9 Å². The lowest BCUT2D eigenvalue weighted by atomic mass is 10.0. The molecule has 0 spiro atoms. The molecule has 4 heterocycles. The zero-order chi connectivity index (χ0) is 21.5. The third kappa shape index (κ3) is 3.36. The normalized spacial score (nSPS) is 20.8. The van der Waals surface area contributed by atoms with Gasteiger partial charge in [0.25, 0.3) is 0 Å². The average Bonchev–Trinajstić information content (AvgIpc) is 3.28. The highest BCUT2D eigenvalue weighted by Gasteiger charge is 2.44. The van der Waals surface area contributed by atoms with E-state index in [4.69, 9.17) is 0 Å². The number of carbonyl (C=O) groups excluding carboxylic acids is 1. The molecule has 30 heavy (non-hydrogen) atoms. The van der Waals surface area contributed by atoms with Crippen LogP contribution in [0, 0.1) is 12.1 Å². The lowest BCUT2D eigenvalue weighted by Crippen LogP contribution is -2.66. The number of fused-ring (bicyclic) bond motifs is 1. The molecule has 0 aliphatic carbocycles. The van der Waals surface area contributed by atoms with Gasteiger partial charge in [0.15, 0.2) is 0 Å². The Morgan fingerprint density at radius 2 is 2.10 bits per heavy atom. The van der Waals surface area contributed by atoms with E-state index in [1.54, 1.807) is 48.0 Å². The van der Waals surface area contributed by atoms with Gasteiger partial charge in [-0.2, -0.15) is 9.55 Å². The smallest absolute Gasteiger partial charge is 0.534 e. The molecule has 4 rings (SSSR count). The summed E-state index contributed by atoms with van der Waals surface area (Å²) in [7, 11) is 0. The Bertz CT molecular complexity index is 940. The van der Waals surface area contributed by atoms with Gasteiger partial charge < -0.3 is 15.2 Å². The number of aromatic nitrogens is 3. The Morgan fingerprint density at radius 3 is 2.70 bits per heavy atom. The molecule has 2 unspecified atom stereocenters. The Hall–Kier alpha value is -2.82. The molecule has 0 aromatic carbocycles. The summed E-state index contributed by atoms with van der Waals surface area (Å²) in [5, 5.41) is 24.8. The van der Waals surface area contributed by atoms with E-state index < -0.39 is 16.9 Å². The zero-order valence-corrected chi connectivity index (χ0v) is 17.1. The fourth-order valence-electron chi connectivity index (χ4n) is 4.55. The molecule has 0 saturated carbocycles. The van der Waals surface area contributed by atoms with Crippen molar-refractivity contribution in [3.05, 3.63) is 53.0 Å². The molecule has 1 saturated heterocycles. The third-order valence-electron chi connectivity index (χ3n) is 6.21. The van der Waals surface area contributed by atoms with Crippen LogP contribution in [0.4, 0.5) is 9.59 Å². The molecule has 2 aromatic heterocycles. The summed E-state index contributed by atoms with van der Waals surface area (Å²) < 4.78 is 0.201. The molecule has 0 bridgehead atoms. The van der Waals surface area contributed by atoms with Crippen LogP contribution < -0.4 is 0 Å². The van der Waals surface area contributed by atoms with Crippen molar-refractivity contribution in [2.45, 2.75) is 51.7 Å². The van der Waals surface area contributed by atoms with E-state index in [1.807, 2.05) is 6.07 Å². The van der Waals surface area contributed by atoms with Crippen molar-refractivity contribution in [3.8, 4) is 0 Å². The quantitative estimate of drug-likeness (QED) is 0.590. The fraction of sp³-hybridized carbons (Fsp3) is 0.500. The number of amides is 2. The molecule has 1 N–H and O–H groups in total. The van der Waals surface area contributed by atoms with Gasteiger partial charge in [-0.25, -0.2) is 9.78 Å². The maximum absolute atomic E-state index is 13.5. The van der Waals surface area contributed by atoms with E-state index in [2.05, 4.69) is 9.97 Å². The molecule has 160 valence electrons. The van der Waals surface area contributed by atoms with Gasteiger partial charge in [0.05, 0.1) is 31.5 Å². The second-order valence-corrected chi connectivity index (χ2v) is 8.05. The number of carbonyl (C=O) groups is 2. The summed E-state index contributed by atoms with van der Waals surface area (Å²) in [4.78, 5) is 34.8. The minimum Gasteiger partial charge on any atom is -0.601 e. The zero-order valence-electron chi connectivity index (χ0n) is 17.1. The van der Waals surface area contributed by atoms with Crippen molar-refractivity contribution in [2.75, 3.05) is 13.1 Å². The number of hydroxylamine groups is 2. The lowest BCUT2D eigenvalue weighted by molar-refractivity contribution is -0.950. The van der Waals surface area contributed by atoms with E-state index in [0.717, 1.165) is 11.3 Å². The SMILES string of the molecule is Cc1ncc2n1C(=O)N(C1CCN([N+]([O-])(C(=O)O)C(C)Cc3cccnc3)CC1)C2. The van der Waals surface area contributed by atoms with Crippen molar-refractivity contribution < 1.29 is 19.5 Å². The first kappa shape index (κ1) is 20.5. The number of hydrogen-bond acceptors (Lipinski definition) is 6. The van der Waals surface area contributed by atoms with Crippen molar-refractivity contribution in [1.29, 1.82) is 0 Å². The Balaban J connectivity index is 1.43. The van der Waals surface area contributed by atoms with Crippen molar-refractivity contribution in [3.63, 3.8) is 0 Å². The molecule has 2 aliphatic heterocycles. The van der Waals surface area contributed by atoms with Gasteiger partial charge >= 0.3 is 12.1 Å².